The van der Waals surface area contributed by atoms with Crippen LogP contribution in [0.5, 0.6) is 5.75 Å². The number of hydrogen-bond acceptors (Lipinski definition) is 2. The van der Waals surface area contributed by atoms with E-state index in [-0.39, 0.29) is 11.8 Å². The van der Waals surface area contributed by atoms with Crippen LogP contribution >= 0.6 is 0 Å². The lowest BCUT2D eigenvalue weighted by atomic mass is 10.1. The van der Waals surface area contributed by atoms with Crippen LogP contribution in [0.3, 0.4) is 0 Å². The van der Waals surface area contributed by atoms with Gasteiger partial charge in [0.15, 0.2) is 0 Å². The van der Waals surface area contributed by atoms with Crippen molar-refractivity contribution in [3.05, 3.63) is 29.8 Å². The predicted molar refractivity (Wildman–Crippen MR) is 51.5 cm³/mol. The van der Waals surface area contributed by atoms with Crippen molar-refractivity contribution in [2.24, 2.45) is 5.92 Å². The second-order valence-corrected chi connectivity index (χ2v) is 3.56. The number of carboxylic acid groups (broad SMARTS) is 1. The molecule has 0 saturated heterocycles. The van der Waals surface area contributed by atoms with Crippen LogP contribution in [-0.2, 0) is 4.79 Å². The Morgan fingerprint density at radius 3 is 2.50 bits per heavy atom. The van der Waals surface area contributed by atoms with E-state index in [0.29, 0.717) is 0 Å². The third kappa shape index (κ3) is 1.58. The number of carboxylic acids is 1. The summed E-state index contributed by atoms with van der Waals surface area (Å²) in [6.07, 6.45) is 0.766. The molecule has 2 rings (SSSR count). The minimum atomic E-state index is -0.689. The van der Waals surface area contributed by atoms with Gasteiger partial charge in [-0.3, -0.25) is 4.79 Å². The molecule has 0 heterocycles. The minimum absolute atomic E-state index is 0.177. The molecule has 1 N–H and O–H groups in total. The number of benzene rings is 1. The standard InChI is InChI=1S/C11H12O3/c1-14-8-4-2-7(3-5-8)9-6-10(9)11(12)13/h2-5,9-10H,6H2,1H3,(H,12,13)/t9-,10?/m0/s1. The average Bonchev–Trinajstić information content (AvgIpc) is 2.97. The minimum Gasteiger partial charge on any atom is -0.497 e. The molecule has 2 atom stereocenters. The third-order valence-electron chi connectivity index (χ3n) is 2.65. The number of carbonyl (C=O) groups is 1. The molecule has 1 saturated carbocycles. The van der Waals surface area contributed by atoms with Crippen LogP contribution in [0, 0.1) is 5.92 Å². The Morgan fingerprint density at radius 2 is 2.07 bits per heavy atom. The maximum absolute atomic E-state index is 10.6. The molecular formula is C11H12O3. The highest BCUT2D eigenvalue weighted by molar-refractivity contribution is 5.75. The van der Waals surface area contributed by atoms with Gasteiger partial charge < -0.3 is 9.84 Å². The number of hydrogen-bond donors (Lipinski definition) is 1. The van der Waals surface area contributed by atoms with Crippen molar-refractivity contribution < 1.29 is 14.6 Å². The van der Waals surface area contributed by atoms with E-state index in [1.165, 1.54) is 0 Å². The molecule has 0 bridgehead atoms. The molecule has 3 heteroatoms. The fraction of sp³-hybridized carbons (Fsp3) is 0.364. The summed E-state index contributed by atoms with van der Waals surface area (Å²) in [6.45, 7) is 0. The van der Waals surface area contributed by atoms with E-state index in [4.69, 9.17) is 9.84 Å². The first-order valence-electron chi connectivity index (χ1n) is 4.59. The van der Waals surface area contributed by atoms with E-state index in [1.54, 1.807) is 7.11 Å². The largest absolute Gasteiger partial charge is 0.497 e. The van der Waals surface area contributed by atoms with Gasteiger partial charge in [0.25, 0.3) is 0 Å². The Kier molecular flexibility index (Phi) is 2.15. The number of rotatable bonds is 3. The van der Waals surface area contributed by atoms with E-state index in [1.807, 2.05) is 24.3 Å². The highest BCUT2D eigenvalue weighted by Gasteiger charge is 2.43. The number of ether oxygens (including phenoxy) is 1. The summed E-state index contributed by atoms with van der Waals surface area (Å²) in [5.74, 6) is 0.147. The summed E-state index contributed by atoms with van der Waals surface area (Å²) in [5, 5.41) is 8.76. The lowest BCUT2D eigenvalue weighted by Gasteiger charge is -2.01. The highest BCUT2D eigenvalue weighted by Crippen LogP contribution is 2.47. The van der Waals surface area contributed by atoms with Gasteiger partial charge in [0, 0.05) is 0 Å². The van der Waals surface area contributed by atoms with Gasteiger partial charge in [-0.05, 0) is 30.0 Å². The van der Waals surface area contributed by atoms with Crippen molar-refractivity contribution in [2.45, 2.75) is 12.3 Å². The zero-order valence-corrected chi connectivity index (χ0v) is 7.93. The Morgan fingerprint density at radius 1 is 1.43 bits per heavy atom. The Bertz CT molecular complexity index is 342. The quantitative estimate of drug-likeness (QED) is 0.795. The van der Waals surface area contributed by atoms with E-state index in [9.17, 15) is 4.79 Å². The molecule has 0 spiro atoms. The zero-order chi connectivity index (χ0) is 10.1. The van der Waals surface area contributed by atoms with Crippen LogP contribution in [0.25, 0.3) is 0 Å². The first-order chi connectivity index (χ1) is 6.72. The molecule has 1 unspecified atom stereocenters. The number of methoxy groups -OCH3 is 1. The lowest BCUT2D eigenvalue weighted by Crippen LogP contribution is -1.98. The van der Waals surface area contributed by atoms with Crippen LogP contribution < -0.4 is 4.74 Å². The first kappa shape index (κ1) is 9.06. The van der Waals surface area contributed by atoms with E-state index >= 15 is 0 Å². The monoisotopic (exact) mass is 192 g/mol. The maximum Gasteiger partial charge on any atom is 0.307 e. The molecule has 74 valence electrons. The predicted octanol–water partition coefficient (Wildman–Crippen LogP) is 1.88. The summed E-state index contributed by atoms with van der Waals surface area (Å²) in [4.78, 5) is 10.6. The molecule has 0 aromatic heterocycles. The van der Waals surface area contributed by atoms with Gasteiger partial charge in [-0.15, -0.1) is 0 Å². The van der Waals surface area contributed by atoms with Crippen molar-refractivity contribution >= 4 is 5.97 Å². The molecule has 0 aliphatic heterocycles. The summed E-state index contributed by atoms with van der Waals surface area (Å²) >= 11 is 0. The van der Waals surface area contributed by atoms with E-state index in [2.05, 4.69) is 0 Å². The van der Waals surface area contributed by atoms with Crippen molar-refractivity contribution in [3.8, 4) is 5.75 Å². The Labute approximate surface area is 82.3 Å². The second kappa shape index (κ2) is 3.33. The molecule has 1 aromatic rings. The van der Waals surface area contributed by atoms with Crippen LogP contribution in [0.15, 0.2) is 24.3 Å². The van der Waals surface area contributed by atoms with Gasteiger partial charge in [-0.25, -0.2) is 0 Å². The van der Waals surface area contributed by atoms with Gasteiger partial charge in [-0.2, -0.15) is 0 Å². The summed E-state index contributed by atoms with van der Waals surface area (Å²) in [5.41, 5.74) is 1.10. The summed E-state index contributed by atoms with van der Waals surface area (Å²) in [7, 11) is 1.62. The molecule has 1 fully saturated rings. The average molecular weight is 192 g/mol. The van der Waals surface area contributed by atoms with Crippen molar-refractivity contribution in [2.75, 3.05) is 7.11 Å². The fourth-order valence-corrected chi connectivity index (χ4v) is 1.69. The molecule has 3 nitrogen and oxygen atoms in total. The van der Waals surface area contributed by atoms with Crippen molar-refractivity contribution in [1.29, 1.82) is 0 Å². The van der Waals surface area contributed by atoms with Gasteiger partial charge in [0.2, 0.25) is 0 Å². The van der Waals surface area contributed by atoms with Crippen LogP contribution in [0.2, 0.25) is 0 Å². The zero-order valence-electron chi connectivity index (χ0n) is 7.93. The normalized spacial score (nSPS) is 24.4. The van der Waals surface area contributed by atoms with Crippen LogP contribution in [-0.4, -0.2) is 18.2 Å². The second-order valence-electron chi connectivity index (χ2n) is 3.56. The smallest absolute Gasteiger partial charge is 0.307 e. The van der Waals surface area contributed by atoms with Gasteiger partial charge in [0.05, 0.1) is 13.0 Å². The van der Waals surface area contributed by atoms with Crippen LogP contribution in [0.1, 0.15) is 17.9 Å². The molecule has 1 aliphatic rings. The Hall–Kier alpha value is -1.51. The fourth-order valence-electron chi connectivity index (χ4n) is 1.69. The van der Waals surface area contributed by atoms with Crippen molar-refractivity contribution in [1.82, 2.24) is 0 Å². The van der Waals surface area contributed by atoms with Gasteiger partial charge >= 0.3 is 5.97 Å². The SMILES string of the molecule is COc1ccc([C@@H]2CC2C(=O)O)cc1. The maximum atomic E-state index is 10.6. The highest BCUT2D eigenvalue weighted by atomic mass is 16.5. The molecular weight excluding hydrogens is 180 g/mol. The molecule has 1 aromatic carbocycles. The topological polar surface area (TPSA) is 46.5 Å². The molecule has 0 amide bonds. The van der Waals surface area contributed by atoms with Gasteiger partial charge in [-0.1, -0.05) is 12.1 Å². The summed E-state index contributed by atoms with van der Waals surface area (Å²) < 4.78 is 5.03. The third-order valence-corrected chi connectivity index (χ3v) is 2.65. The molecule has 0 radical (unpaired) electrons. The van der Waals surface area contributed by atoms with Crippen LogP contribution in [0.4, 0.5) is 0 Å². The van der Waals surface area contributed by atoms with E-state index < -0.39 is 5.97 Å². The summed E-state index contributed by atoms with van der Waals surface area (Å²) in [6, 6.07) is 7.61. The van der Waals surface area contributed by atoms with Gasteiger partial charge in [0.1, 0.15) is 5.75 Å². The number of aliphatic carboxylic acids is 1. The Balaban J connectivity index is 2.08. The van der Waals surface area contributed by atoms with E-state index in [0.717, 1.165) is 17.7 Å². The first-order valence-corrected chi connectivity index (χ1v) is 4.59. The molecule has 14 heavy (non-hydrogen) atoms. The molecule has 1 aliphatic carbocycles. The van der Waals surface area contributed by atoms with Crippen molar-refractivity contribution in [3.63, 3.8) is 0 Å². The lowest BCUT2D eigenvalue weighted by molar-refractivity contribution is -0.138.